The van der Waals surface area contributed by atoms with E-state index in [2.05, 4.69) is 5.32 Å². The van der Waals surface area contributed by atoms with Crippen LogP contribution in [0.4, 0.5) is 10.1 Å². The number of halogens is 1. The van der Waals surface area contributed by atoms with Gasteiger partial charge in [-0.2, -0.15) is 0 Å². The summed E-state index contributed by atoms with van der Waals surface area (Å²) >= 11 is 0. The lowest BCUT2D eigenvalue weighted by atomic mass is 10.1. The normalized spacial score (nSPS) is 16.4. The van der Waals surface area contributed by atoms with Gasteiger partial charge in [-0.1, -0.05) is 24.3 Å². The monoisotopic (exact) mass is 370 g/mol. The Morgan fingerprint density at radius 3 is 2.70 bits per heavy atom. The van der Waals surface area contributed by atoms with Crippen LogP contribution < -0.4 is 10.1 Å². The fourth-order valence-corrected chi connectivity index (χ4v) is 3.17. The average Bonchev–Trinajstić information content (AvgIpc) is 3.04. The quantitative estimate of drug-likeness (QED) is 0.814. The fraction of sp³-hybridized carbons (Fsp3) is 0.333. The summed E-state index contributed by atoms with van der Waals surface area (Å²) in [6, 6.07) is 13.5. The number of carbonyl (C=O) groups excluding carboxylic acids is 2. The molecule has 2 aromatic rings. The Labute approximate surface area is 158 Å². The van der Waals surface area contributed by atoms with Gasteiger partial charge in [0.15, 0.2) is 0 Å². The van der Waals surface area contributed by atoms with Gasteiger partial charge < -0.3 is 15.0 Å². The molecule has 0 aromatic heterocycles. The average molecular weight is 370 g/mol. The highest BCUT2D eigenvalue weighted by Crippen LogP contribution is 2.26. The number of benzene rings is 2. The van der Waals surface area contributed by atoms with Crippen LogP contribution in [0.15, 0.2) is 48.5 Å². The van der Waals surface area contributed by atoms with Gasteiger partial charge in [0.05, 0.1) is 18.2 Å². The van der Waals surface area contributed by atoms with E-state index in [0.29, 0.717) is 37.6 Å². The fourth-order valence-electron chi connectivity index (χ4n) is 3.17. The van der Waals surface area contributed by atoms with Crippen LogP contribution in [0.25, 0.3) is 0 Å². The van der Waals surface area contributed by atoms with Crippen molar-refractivity contribution in [3.05, 3.63) is 59.9 Å². The summed E-state index contributed by atoms with van der Waals surface area (Å²) in [6.45, 7) is 3.30. The number of carbonyl (C=O) groups is 2. The molecular weight excluding hydrogens is 347 g/mol. The molecule has 27 heavy (non-hydrogen) atoms. The van der Waals surface area contributed by atoms with Crippen molar-refractivity contribution >= 4 is 17.5 Å². The van der Waals surface area contributed by atoms with E-state index in [1.165, 1.54) is 12.1 Å². The highest BCUT2D eigenvalue weighted by atomic mass is 19.1. The molecule has 2 aromatic carbocycles. The first-order valence-electron chi connectivity index (χ1n) is 9.11. The standard InChI is InChI=1S/C21H23FN2O3/c1-2-27-19-6-4-3-5-18(19)23-21(26)16-13-20(25)24(14-16)12-11-15-7-9-17(22)10-8-15/h3-10,16H,2,11-14H2,1H3,(H,23,26)/t16-/m0/s1. The first-order chi connectivity index (χ1) is 13.1. The van der Waals surface area contributed by atoms with Gasteiger partial charge in [0.1, 0.15) is 11.6 Å². The molecule has 1 heterocycles. The summed E-state index contributed by atoms with van der Waals surface area (Å²) < 4.78 is 18.5. The second-order valence-corrected chi connectivity index (χ2v) is 6.54. The smallest absolute Gasteiger partial charge is 0.229 e. The summed E-state index contributed by atoms with van der Waals surface area (Å²) in [4.78, 5) is 26.5. The predicted octanol–water partition coefficient (Wildman–Crippen LogP) is 3.25. The Morgan fingerprint density at radius 1 is 1.22 bits per heavy atom. The molecule has 2 amide bonds. The van der Waals surface area contributed by atoms with Gasteiger partial charge in [0.2, 0.25) is 11.8 Å². The Bertz CT molecular complexity index is 807. The van der Waals surface area contributed by atoms with Crippen LogP contribution in [-0.4, -0.2) is 36.4 Å². The molecular formula is C21H23FN2O3. The minimum atomic E-state index is -0.389. The number of para-hydroxylation sites is 2. The Hall–Kier alpha value is -2.89. The minimum absolute atomic E-state index is 0.0321. The lowest BCUT2D eigenvalue weighted by molar-refractivity contribution is -0.128. The zero-order valence-corrected chi connectivity index (χ0v) is 15.3. The zero-order valence-electron chi connectivity index (χ0n) is 15.3. The SMILES string of the molecule is CCOc1ccccc1NC(=O)[C@H]1CC(=O)N(CCc2ccc(F)cc2)C1. The van der Waals surface area contributed by atoms with Crippen molar-refractivity contribution in [1.29, 1.82) is 0 Å². The molecule has 6 heteroatoms. The first-order valence-corrected chi connectivity index (χ1v) is 9.11. The second kappa shape index (κ2) is 8.66. The summed E-state index contributed by atoms with van der Waals surface area (Å²) in [6.07, 6.45) is 0.833. The van der Waals surface area contributed by atoms with Crippen LogP contribution in [0.3, 0.4) is 0 Å². The Balaban J connectivity index is 1.56. The number of rotatable bonds is 7. The molecule has 1 aliphatic heterocycles. The molecule has 1 saturated heterocycles. The van der Waals surface area contributed by atoms with E-state index in [4.69, 9.17) is 4.74 Å². The maximum Gasteiger partial charge on any atom is 0.229 e. The lowest BCUT2D eigenvalue weighted by Crippen LogP contribution is -2.30. The molecule has 3 rings (SSSR count). The van der Waals surface area contributed by atoms with E-state index < -0.39 is 0 Å². The topological polar surface area (TPSA) is 58.6 Å². The predicted molar refractivity (Wildman–Crippen MR) is 101 cm³/mol. The molecule has 0 spiro atoms. The third-order valence-electron chi connectivity index (χ3n) is 4.61. The van der Waals surface area contributed by atoms with Gasteiger partial charge in [-0.15, -0.1) is 0 Å². The largest absolute Gasteiger partial charge is 0.492 e. The van der Waals surface area contributed by atoms with Crippen molar-refractivity contribution in [3.8, 4) is 5.75 Å². The second-order valence-electron chi connectivity index (χ2n) is 6.54. The van der Waals surface area contributed by atoms with Crippen LogP contribution in [0.2, 0.25) is 0 Å². The molecule has 1 N–H and O–H groups in total. The maximum absolute atomic E-state index is 13.0. The van der Waals surface area contributed by atoms with Crippen LogP contribution in [0, 0.1) is 11.7 Å². The number of hydrogen-bond acceptors (Lipinski definition) is 3. The lowest BCUT2D eigenvalue weighted by Gasteiger charge is -2.17. The third-order valence-corrected chi connectivity index (χ3v) is 4.61. The van der Waals surface area contributed by atoms with Crippen molar-refractivity contribution in [2.75, 3.05) is 25.0 Å². The van der Waals surface area contributed by atoms with Crippen molar-refractivity contribution in [2.24, 2.45) is 5.92 Å². The van der Waals surface area contributed by atoms with Crippen molar-refractivity contribution in [1.82, 2.24) is 4.90 Å². The van der Waals surface area contributed by atoms with Crippen LogP contribution in [0.1, 0.15) is 18.9 Å². The van der Waals surface area contributed by atoms with E-state index in [1.54, 1.807) is 29.2 Å². The number of nitrogens with zero attached hydrogens (tertiary/aromatic N) is 1. The first kappa shape index (κ1) is 18.9. The molecule has 0 saturated carbocycles. The number of hydrogen-bond donors (Lipinski definition) is 1. The van der Waals surface area contributed by atoms with Crippen molar-refractivity contribution in [2.45, 2.75) is 19.8 Å². The van der Waals surface area contributed by atoms with Gasteiger partial charge in [-0.05, 0) is 43.2 Å². The number of nitrogens with one attached hydrogen (secondary N) is 1. The van der Waals surface area contributed by atoms with E-state index in [0.717, 1.165) is 5.56 Å². The van der Waals surface area contributed by atoms with Gasteiger partial charge in [0, 0.05) is 19.5 Å². The number of likely N-dealkylation sites (tertiary alicyclic amines) is 1. The molecule has 5 nitrogen and oxygen atoms in total. The molecule has 1 aliphatic rings. The van der Waals surface area contributed by atoms with Crippen LogP contribution >= 0.6 is 0 Å². The van der Waals surface area contributed by atoms with Crippen molar-refractivity contribution in [3.63, 3.8) is 0 Å². The van der Waals surface area contributed by atoms with Gasteiger partial charge in [-0.25, -0.2) is 4.39 Å². The van der Waals surface area contributed by atoms with Gasteiger partial charge in [0.25, 0.3) is 0 Å². The summed E-state index contributed by atoms with van der Waals surface area (Å²) in [5, 5.41) is 2.87. The Kier molecular flexibility index (Phi) is 6.06. The van der Waals surface area contributed by atoms with Gasteiger partial charge in [-0.3, -0.25) is 9.59 Å². The highest BCUT2D eigenvalue weighted by molar-refractivity contribution is 5.98. The van der Waals surface area contributed by atoms with Gasteiger partial charge >= 0.3 is 0 Å². The van der Waals surface area contributed by atoms with E-state index >= 15 is 0 Å². The molecule has 0 radical (unpaired) electrons. The third kappa shape index (κ3) is 4.84. The highest BCUT2D eigenvalue weighted by Gasteiger charge is 2.34. The molecule has 142 valence electrons. The molecule has 0 bridgehead atoms. The number of amides is 2. The molecule has 1 fully saturated rings. The maximum atomic E-state index is 13.0. The Morgan fingerprint density at radius 2 is 1.96 bits per heavy atom. The minimum Gasteiger partial charge on any atom is -0.492 e. The summed E-state index contributed by atoms with van der Waals surface area (Å²) in [7, 11) is 0. The van der Waals surface area contributed by atoms with Crippen LogP contribution in [0.5, 0.6) is 5.75 Å². The van der Waals surface area contributed by atoms with E-state index in [1.807, 2.05) is 19.1 Å². The zero-order chi connectivity index (χ0) is 19.2. The van der Waals surface area contributed by atoms with E-state index in [-0.39, 0.29) is 30.0 Å². The van der Waals surface area contributed by atoms with Crippen LogP contribution in [-0.2, 0) is 16.0 Å². The summed E-state index contributed by atoms with van der Waals surface area (Å²) in [5.41, 5.74) is 1.57. The van der Waals surface area contributed by atoms with Crippen molar-refractivity contribution < 1.29 is 18.7 Å². The van der Waals surface area contributed by atoms with E-state index in [9.17, 15) is 14.0 Å². The molecule has 0 aliphatic carbocycles. The molecule has 0 unspecified atom stereocenters. The number of anilines is 1. The number of ether oxygens (including phenoxy) is 1. The molecule has 1 atom stereocenters. The summed E-state index contributed by atoms with van der Waals surface area (Å²) in [5.74, 6) is -0.263.